The summed E-state index contributed by atoms with van der Waals surface area (Å²) in [6.07, 6.45) is 0. The highest BCUT2D eigenvalue weighted by atomic mass is 35.5. The third-order valence-electron chi connectivity index (χ3n) is 3.86. The topological polar surface area (TPSA) is 81.4 Å². The van der Waals surface area contributed by atoms with Crippen molar-refractivity contribution in [3.8, 4) is 11.3 Å². The van der Waals surface area contributed by atoms with Gasteiger partial charge in [-0.2, -0.15) is 0 Å². The molecule has 0 unspecified atom stereocenters. The molecule has 0 spiro atoms. The van der Waals surface area contributed by atoms with Crippen molar-refractivity contribution in [2.24, 2.45) is 0 Å². The van der Waals surface area contributed by atoms with E-state index in [0.717, 1.165) is 11.1 Å². The van der Waals surface area contributed by atoms with E-state index in [2.05, 4.69) is 10.5 Å². The molecule has 0 fully saturated rings. The molecule has 3 rings (SSSR count). The van der Waals surface area contributed by atoms with E-state index in [9.17, 15) is 9.59 Å². The van der Waals surface area contributed by atoms with Crippen LogP contribution in [0.2, 0.25) is 5.02 Å². The van der Waals surface area contributed by atoms with Crippen molar-refractivity contribution < 1.29 is 18.8 Å². The first-order chi connectivity index (χ1) is 13.0. The maximum absolute atomic E-state index is 12.1. The van der Waals surface area contributed by atoms with Gasteiger partial charge in [-0.25, -0.2) is 0 Å². The molecular weight excluding hydrogens is 368 g/mol. The molecule has 0 atom stereocenters. The van der Waals surface area contributed by atoms with Crippen LogP contribution in [-0.2, 0) is 16.1 Å². The Morgan fingerprint density at radius 2 is 1.89 bits per heavy atom. The Kier molecular flexibility index (Phi) is 5.88. The first-order valence-electron chi connectivity index (χ1n) is 8.24. The van der Waals surface area contributed by atoms with E-state index in [0.29, 0.717) is 22.0 Å². The van der Waals surface area contributed by atoms with E-state index in [1.165, 1.54) is 0 Å². The lowest BCUT2D eigenvalue weighted by Crippen LogP contribution is -2.30. The molecule has 2 aromatic carbocycles. The number of nitrogens with zero attached hydrogens (tertiary/aromatic N) is 1. The number of nitrogens with one attached hydrogen (secondary N) is 1. The highest BCUT2D eigenvalue weighted by molar-refractivity contribution is 6.30. The lowest BCUT2D eigenvalue weighted by Gasteiger charge is -2.07. The Morgan fingerprint density at radius 1 is 1.15 bits per heavy atom. The number of hydrogen-bond acceptors (Lipinski definition) is 5. The van der Waals surface area contributed by atoms with Gasteiger partial charge in [0.05, 0.1) is 0 Å². The van der Waals surface area contributed by atoms with Gasteiger partial charge in [0.15, 0.2) is 12.4 Å². The summed E-state index contributed by atoms with van der Waals surface area (Å²) in [6.45, 7) is 1.53. The Bertz CT molecular complexity index is 951. The van der Waals surface area contributed by atoms with Gasteiger partial charge < -0.3 is 14.6 Å². The second-order valence-corrected chi connectivity index (χ2v) is 6.28. The standard InChI is InChI=1S/C20H17ClN2O4/c1-13-4-2-3-5-17(13)20(25)22-11-19(24)26-12-16-10-18(23-27-16)14-6-8-15(21)9-7-14/h2-10H,11-12H2,1H3,(H,22,25). The Morgan fingerprint density at radius 3 is 2.63 bits per heavy atom. The zero-order valence-electron chi connectivity index (χ0n) is 14.6. The second-order valence-electron chi connectivity index (χ2n) is 5.84. The van der Waals surface area contributed by atoms with Gasteiger partial charge in [-0.05, 0) is 30.7 Å². The second kappa shape index (κ2) is 8.51. The number of aromatic nitrogens is 1. The largest absolute Gasteiger partial charge is 0.456 e. The molecule has 0 radical (unpaired) electrons. The van der Waals surface area contributed by atoms with Crippen LogP contribution in [-0.4, -0.2) is 23.6 Å². The molecule has 0 saturated heterocycles. The predicted octanol–water partition coefficient (Wildman–Crippen LogP) is 3.78. The van der Waals surface area contributed by atoms with Crippen molar-refractivity contribution in [2.75, 3.05) is 6.54 Å². The molecule has 1 aromatic heterocycles. The molecule has 0 bridgehead atoms. The number of aryl methyl sites for hydroxylation is 1. The molecule has 6 nitrogen and oxygen atoms in total. The SMILES string of the molecule is Cc1ccccc1C(=O)NCC(=O)OCc1cc(-c2ccc(Cl)cc2)no1. The minimum atomic E-state index is -0.568. The van der Waals surface area contributed by atoms with E-state index in [-0.39, 0.29) is 19.1 Å². The van der Waals surface area contributed by atoms with Crippen molar-refractivity contribution in [3.63, 3.8) is 0 Å². The summed E-state index contributed by atoms with van der Waals surface area (Å²) in [4.78, 5) is 23.9. The minimum absolute atomic E-state index is 0.0698. The van der Waals surface area contributed by atoms with E-state index in [4.69, 9.17) is 20.9 Å². The van der Waals surface area contributed by atoms with Crippen LogP contribution in [0, 0.1) is 6.92 Å². The molecule has 7 heteroatoms. The zero-order chi connectivity index (χ0) is 19.2. The Labute approximate surface area is 161 Å². The monoisotopic (exact) mass is 384 g/mol. The summed E-state index contributed by atoms with van der Waals surface area (Å²) in [5.74, 6) is -0.491. The van der Waals surface area contributed by atoms with E-state index >= 15 is 0 Å². The van der Waals surface area contributed by atoms with E-state index < -0.39 is 5.97 Å². The predicted molar refractivity (Wildman–Crippen MR) is 100 cm³/mol. The zero-order valence-corrected chi connectivity index (χ0v) is 15.3. The van der Waals surface area contributed by atoms with Crippen LogP contribution in [0.1, 0.15) is 21.7 Å². The van der Waals surface area contributed by atoms with Crippen molar-refractivity contribution in [1.82, 2.24) is 10.5 Å². The maximum Gasteiger partial charge on any atom is 0.325 e. The van der Waals surface area contributed by atoms with Gasteiger partial charge >= 0.3 is 5.97 Å². The van der Waals surface area contributed by atoms with Gasteiger partial charge in [0, 0.05) is 22.2 Å². The average Bonchev–Trinajstić information content (AvgIpc) is 3.14. The summed E-state index contributed by atoms with van der Waals surface area (Å²) in [5, 5.41) is 7.11. The first kappa shape index (κ1) is 18.7. The van der Waals surface area contributed by atoms with Crippen LogP contribution in [0.15, 0.2) is 59.1 Å². The number of hydrogen-bond donors (Lipinski definition) is 1. The number of rotatable bonds is 6. The number of esters is 1. The number of benzene rings is 2. The molecule has 0 aliphatic rings. The Hall–Kier alpha value is -3.12. The molecular formula is C20H17ClN2O4. The quantitative estimate of drug-likeness (QED) is 0.654. The molecule has 3 aromatic rings. The summed E-state index contributed by atoms with van der Waals surface area (Å²) in [6, 6.07) is 16.0. The fraction of sp³-hybridized carbons (Fsp3) is 0.150. The van der Waals surface area contributed by atoms with Gasteiger partial charge in [0.25, 0.3) is 5.91 Å². The summed E-state index contributed by atoms with van der Waals surface area (Å²) < 4.78 is 10.3. The number of carbonyl (C=O) groups is 2. The number of ether oxygens (including phenoxy) is 1. The highest BCUT2D eigenvalue weighted by Crippen LogP contribution is 2.21. The maximum atomic E-state index is 12.1. The van der Waals surface area contributed by atoms with Crippen molar-refractivity contribution in [3.05, 3.63) is 76.5 Å². The third kappa shape index (κ3) is 4.95. The molecule has 0 aliphatic carbocycles. The van der Waals surface area contributed by atoms with Crippen LogP contribution in [0.3, 0.4) is 0 Å². The van der Waals surface area contributed by atoms with Crippen molar-refractivity contribution >= 4 is 23.5 Å². The van der Waals surface area contributed by atoms with Crippen molar-refractivity contribution in [2.45, 2.75) is 13.5 Å². The molecule has 27 heavy (non-hydrogen) atoms. The van der Waals surface area contributed by atoms with Gasteiger partial charge in [-0.1, -0.05) is 47.1 Å². The van der Waals surface area contributed by atoms with Crippen LogP contribution in [0.25, 0.3) is 11.3 Å². The van der Waals surface area contributed by atoms with Crippen molar-refractivity contribution in [1.29, 1.82) is 0 Å². The van der Waals surface area contributed by atoms with E-state index in [1.807, 2.05) is 31.2 Å². The van der Waals surface area contributed by atoms with Gasteiger partial charge in [0.1, 0.15) is 12.2 Å². The van der Waals surface area contributed by atoms with Gasteiger partial charge in [0.2, 0.25) is 0 Å². The summed E-state index contributed by atoms with van der Waals surface area (Å²) in [7, 11) is 0. The summed E-state index contributed by atoms with van der Waals surface area (Å²) in [5.41, 5.74) is 2.81. The fourth-order valence-electron chi connectivity index (χ4n) is 2.42. The van der Waals surface area contributed by atoms with Crippen LogP contribution >= 0.6 is 11.6 Å². The first-order valence-corrected chi connectivity index (χ1v) is 8.62. The fourth-order valence-corrected chi connectivity index (χ4v) is 2.54. The van der Waals surface area contributed by atoms with Gasteiger partial charge in [-0.3, -0.25) is 9.59 Å². The Balaban J connectivity index is 1.49. The normalized spacial score (nSPS) is 10.4. The van der Waals surface area contributed by atoms with E-state index in [1.54, 1.807) is 30.3 Å². The minimum Gasteiger partial charge on any atom is -0.456 e. The number of amides is 1. The van der Waals surface area contributed by atoms with Gasteiger partial charge in [-0.15, -0.1) is 0 Å². The number of carbonyl (C=O) groups excluding carboxylic acids is 2. The van der Waals surface area contributed by atoms with Crippen LogP contribution in [0.4, 0.5) is 0 Å². The van der Waals surface area contributed by atoms with Crippen LogP contribution in [0.5, 0.6) is 0 Å². The average molecular weight is 385 g/mol. The number of halogens is 1. The molecule has 1 amide bonds. The van der Waals surface area contributed by atoms with Crippen LogP contribution < -0.4 is 5.32 Å². The molecule has 0 aliphatic heterocycles. The molecule has 1 heterocycles. The smallest absolute Gasteiger partial charge is 0.325 e. The lowest BCUT2D eigenvalue weighted by molar-refractivity contribution is -0.144. The molecule has 0 saturated carbocycles. The third-order valence-corrected chi connectivity index (χ3v) is 4.11. The molecule has 138 valence electrons. The summed E-state index contributed by atoms with van der Waals surface area (Å²) >= 11 is 5.86. The molecule has 1 N–H and O–H groups in total. The highest BCUT2D eigenvalue weighted by Gasteiger charge is 2.12. The lowest BCUT2D eigenvalue weighted by atomic mass is 10.1.